The van der Waals surface area contributed by atoms with Crippen molar-refractivity contribution in [3.05, 3.63) is 35.2 Å². The maximum Gasteiger partial charge on any atom is 0.239 e. The van der Waals surface area contributed by atoms with Crippen molar-refractivity contribution in [1.82, 2.24) is 4.31 Å². The Morgan fingerprint density at radius 3 is 2.48 bits per heavy atom. The molecule has 146 valence electrons. The van der Waals surface area contributed by atoms with Crippen molar-refractivity contribution in [3.8, 4) is 5.75 Å². The number of hydrogen-bond donors (Lipinski definition) is 0. The molecule has 1 atom stereocenters. The second-order valence-corrected chi connectivity index (χ2v) is 8.47. The number of hydrogen-bond acceptors (Lipinski definition) is 7. The number of methoxy groups -OCH3 is 1. The fourth-order valence-corrected chi connectivity index (χ4v) is 5.05. The third-order valence-corrected chi connectivity index (χ3v) is 6.99. The third-order valence-electron chi connectivity index (χ3n) is 4.95. The smallest absolute Gasteiger partial charge is 0.239 e. The summed E-state index contributed by atoms with van der Waals surface area (Å²) in [7, 11) is -2.22. The molecule has 1 heterocycles. The molecule has 0 aromatic heterocycles. The molecule has 0 saturated carbocycles. The first kappa shape index (κ1) is 19.4. The van der Waals surface area contributed by atoms with Crippen LogP contribution in [0.2, 0.25) is 0 Å². The van der Waals surface area contributed by atoms with Gasteiger partial charge in [0.25, 0.3) is 0 Å². The number of ether oxygens (including phenoxy) is 1. The average molecular weight is 393 g/mol. The molecule has 0 N–H and O–H groups in total. The number of benzene rings is 1. The van der Waals surface area contributed by atoms with Crippen LogP contribution >= 0.6 is 0 Å². The van der Waals surface area contributed by atoms with Crippen LogP contribution in [0, 0.1) is 5.92 Å². The number of Topliss-reactive ketones (excluding diaryl/α,β-unsaturated/α-hetero) is 1. The average Bonchev–Trinajstić information content (AvgIpc) is 2.68. The van der Waals surface area contributed by atoms with Gasteiger partial charge >= 0.3 is 0 Å². The van der Waals surface area contributed by atoms with Crippen molar-refractivity contribution in [1.29, 1.82) is 0 Å². The largest absolute Gasteiger partial charge is 0.549 e. The van der Waals surface area contributed by atoms with Crippen LogP contribution in [-0.2, 0) is 19.6 Å². The van der Waals surface area contributed by atoms with Gasteiger partial charge in [0.2, 0.25) is 10.0 Å². The Kier molecular flexibility index (Phi) is 5.52. The lowest BCUT2D eigenvalue weighted by molar-refractivity contribution is -0.309. The first-order valence-electron chi connectivity index (χ1n) is 8.65. The number of piperazine rings is 1. The number of carbonyl (C=O) groups is 2. The van der Waals surface area contributed by atoms with E-state index in [1.54, 1.807) is 7.11 Å². The van der Waals surface area contributed by atoms with E-state index in [1.165, 1.54) is 10.4 Å². The van der Waals surface area contributed by atoms with Gasteiger partial charge in [0.05, 0.1) is 29.6 Å². The van der Waals surface area contributed by atoms with E-state index in [-0.39, 0.29) is 30.8 Å². The fraction of sp³-hybridized carbons (Fsp3) is 0.444. The number of carbonyl (C=O) groups excluding carboxylic acids is 2. The van der Waals surface area contributed by atoms with E-state index in [0.29, 0.717) is 13.1 Å². The van der Waals surface area contributed by atoms with Gasteiger partial charge in [0.1, 0.15) is 11.5 Å². The van der Waals surface area contributed by atoms with Crippen LogP contribution in [0.1, 0.15) is 12.8 Å². The van der Waals surface area contributed by atoms with Crippen molar-refractivity contribution < 1.29 is 27.9 Å². The van der Waals surface area contributed by atoms with Gasteiger partial charge in [-0.05, 0) is 18.6 Å². The highest BCUT2D eigenvalue weighted by atomic mass is 32.2. The topological polar surface area (TPSA) is 107 Å². The normalized spacial score (nSPS) is 21.7. The van der Waals surface area contributed by atoms with Crippen LogP contribution in [-0.4, -0.2) is 57.8 Å². The number of carboxylic acid groups (broad SMARTS) is 1. The monoisotopic (exact) mass is 393 g/mol. The molecule has 1 saturated heterocycles. The van der Waals surface area contributed by atoms with E-state index >= 15 is 0 Å². The number of para-hydroxylation sites is 2. The molecule has 1 aliphatic carbocycles. The Bertz CT molecular complexity index is 872. The van der Waals surface area contributed by atoms with Crippen molar-refractivity contribution >= 4 is 27.5 Å². The highest BCUT2D eigenvalue weighted by Crippen LogP contribution is 2.31. The molecule has 27 heavy (non-hydrogen) atoms. The van der Waals surface area contributed by atoms with Crippen molar-refractivity contribution in [2.75, 3.05) is 38.2 Å². The number of aliphatic carboxylic acids is 1. The fourth-order valence-electron chi connectivity index (χ4n) is 3.41. The number of carboxylic acids is 1. The minimum absolute atomic E-state index is 0.0120. The zero-order chi connectivity index (χ0) is 19.6. The maximum absolute atomic E-state index is 12.9. The van der Waals surface area contributed by atoms with Crippen LogP contribution in [0.25, 0.3) is 0 Å². The van der Waals surface area contributed by atoms with Crippen LogP contribution in [0.3, 0.4) is 0 Å². The Labute approximate surface area is 158 Å². The summed E-state index contributed by atoms with van der Waals surface area (Å²) >= 11 is 0. The van der Waals surface area contributed by atoms with E-state index in [0.717, 1.165) is 11.4 Å². The minimum Gasteiger partial charge on any atom is -0.549 e. The van der Waals surface area contributed by atoms with Crippen LogP contribution in [0.15, 0.2) is 35.2 Å². The Hall–Kier alpha value is -2.39. The van der Waals surface area contributed by atoms with Gasteiger partial charge in [-0.25, -0.2) is 8.42 Å². The Balaban J connectivity index is 1.72. The first-order chi connectivity index (χ1) is 12.8. The number of ketones is 1. The Morgan fingerprint density at radius 1 is 1.19 bits per heavy atom. The first-order valence-corrected chi connectivity index (χ1v) is 10.1. The second-order valence-electron chi connectivity index (χ2n) is 6.48. The molecule has 3 rings (SSSR count). The van der Waals surface area contributed by atoms with Crippen molar-refractivity contribution in [3.63, 3.8) is 0 Å². The molecule has 0 unspecified atom stereocenters. The summed E-state index contributed by atoms with van der Waals surface area (Å²) in [6, 6.07) is 7.53. The molecule has 0 radical (unpaired) electrons. The lowest BCUT2D eigenvalue weighted by Crippen LogP contribution is -2.49. The third kappa shape index (κ3) is 3.84. The van der Waals surface area contributed by atoms with Gasteiger partial charge < -0.3 is 19.5 Å². The Morgan fingerprint density at radius 2 is 1.85 bits per heavy atom. The van der Waals surface area contributed by atoms with Gasteiger partial charge in [-0.2, -0.15) is 4.31 Å². The van der Waals surface area contributed by atoms with E-state index in [4.69, 9.17) is 4.74 Å². The predicted molar refractivity (Wildman–Crippen MR) is 96.5 cm³/mol. The molecule has 1 fully saturated rings. The lowest BCUT2D eigenvalue weighted by Gasteiger charge is -2.37. The molecule has 0 bridgehead atoms. The molecule has 1 aromatic carbocycles. The summed E-state index contributed by atoms with van der Waals surface area (Å²) in [4.78, 5) is 24.8. The molecule has 0 amide bonds. The molecular formula is C18H21N2O6S-. The highest BCUT2D eigenvalue weighted by Gasteiger charge is 2.35. The molecule has 1 aliphatic heterocycles. The van der Waals surface area contributed by atoms with Gasteiger partial charge in [-0.3, -0.25) is 4.79 Å². The molecule has 2 aliphatic rings. The van der Waals surface area contributed by atoms with Gasteiger partial charge in [-0.1, -0.05) is 18.2 Å². The zero-order valence-corrected chi connectivity index (χ0v) is 15.8. The van der Waals surface area contributed by atoms with E-state index in [9.17, 15) is 23.1 Å². The summed E-state index contributed by atoms with van der Waals surface area (Å²) < 4.78 is 32.4. The predicted octanol–water partition coefficient (Wildman–Crippen LogP) is -0.240. The van der Waals surface area contributed by atoms with Gasteiger partial charge in [0, 0.05) is 32.6 Å². The number of anilines is 1. The van der Waals surface area contributed by atoms with Crippen LogP contribution < -0.4 is 14.7 Å². The van der Waals surface area contributed by atoms with Gasteiger partial charge in [-0.15, -0.1) is 0 Å². The quantitative estimate of drug-likeness (QED) is 0.636. The van der Waals surface area contributed by atoms with Gasteiger partial charge in [0.15, 0.2) is 0 Å². The molecule has 8 nitrogen and oxygen atoms in total. The minimum atomic E-state index is -3.80. The maximum atomic E-state index is 12.9. The number of sulfonamides is 1. The molecule has 0 spiro atoms. The van der Waals surface area contributed by atoms with E-state index < -0.39 is 27.7 Å². The standard InChI is InChI=1S/C18H22N2O6S/c1-26-17-5-3-2-4-15(17)19-8-10-20(11-9-19)27(24,25)13-6-7-16(21)14(12-13)18(22)23/h2-6,14H,7-12H2,1H3,(H,22,23)/p-1/t14-/m1/s1. The molecular weight excluding hydrogens is 372 g/mol. The summed E-state index contributed by atoms with van der Waals surface area (Å²) in [6.07, 6.45) is 0.786. The van der Waals surface area contributed by atoms with Crippen LogP contribution in [0.4, 0.5) is 5.69 Å². The highest BCUT2D eigenvalue weighted by molar-refractivity contribution is 7.93. The van der Waals surface area contributed by atoms with E-state index in [1.807, 2.05) is 29.2 Å². The SMILES string of the molecule is COc1ccccc1N1CCN(S(=O)(=O)C2=CCC(=O)[C@H](C(=O)[O-])C2)CC1. The summed E-state index contributed by atoms with van der Waals surface area (Å²) in [6.45, 7) is 1.49. The summed E-state index contributed by atoms with van der Waals surface area (Å²) in [5, 5.41) is 11.1. The van der Waals surface area contributed by atoms with Crippen molar-refractivity contribution in [2.24, 2.45) is 5.92 Å². The van der Waals surface area contributed by atoms with E-state index in [2.05, 4.69) is 0 Å². The molecule has 9 heteroatoms. The summed E-state index contributed by atoms with van der Waals surface area (Å²) in [5.74, 6) is -2.72. The van der Waals surface area contributed by atoms with Crippen LogP contribution in [0.5, 0.6) is 5.75 Å². The molecule has 1 aromatic rings. The number of rotatable bonds is 5. The zero-order valence-electron chi connectivity index (χ0n) is 15.0. The lowest BCUT2D eigenvalue weighted by atomic mass is 9.93. The second kappa shape index (κ2) is 7.69. The van der Waals surface area contributed by atoms with Crippen molar-refractivity contribution in [2.45, 2.75) is 12.8 Å². The summed E-state index contributed by atoms with van der Waals surface area (Å²) in [5.41, 5.74) is 0.900. The number of nitrogens with zero attached hydrogens (tertiary/aromatic N) is 2. The number of allylic oxidation sites excluding steroid dienone is 2.